The van der Waals surface area contributed by atoms with Crippen LogP contribution >= 0.6 is 11.3 Å². The third-order valence-electron chi connectivity index (χ3n) is 3.52. The van der Waals surface area contributed by atoms with Gasteiger partial charge in [0.15, 0.2) is 0 Å². The predicted octanol–water partition coefficient (Wildman–Crippen LogP) is 3.50. The molecule has 0 spiro atoms. The molecule has 0 saturated carbocycles. The van der Waals surface area contributed by atoms with E-state index in [9.17, 15) is 9.59 Å². The van der Waals surface area contributed by atoms with Crippen molar-refractivity contribution < 1.29 is 14.3 Å². The predicted molar refractivity (Wildman–Crippen MR) is 84.0 cm³/mol. The van der Waals surface area contributed by atoms with E-state index in [1.54, 1.807) is 13.0 Å². The second kappa shape index (κ2) is 6.93. The fraction of sp³-hybridized carbons (Fsp3) is 0.600. The Morgan fingerprint density at radius 3 is 2.95 bits per heavy atom. The maximum Gasteiger partial charge on any atom is 0.341 e. The number of hydrogen-bond acceptors (Lipinski definition) is 4. The summed E-state index contributed by atoms with van der Waals surface area (Å²) < 4.78 is 5.03. The third kappa shape index (κ3) is 3.97. The first kappa shape index (κ1) is 15.8. The summed E-state index contributed by atoms with van der Waals surface area (Å²) in [6.45, 7) is 7.69. The molecular weight excluding hydrogens is 288 g/mol. The van der Waals surface area contributed by atoms with Crippen molar-refractivity contribution >= 4 is 28.3 Å². The van der Waals surface area contributed by atoms with Crippen LogP contribution < -0.4 is 5.32 Å². The molecule has 2 heterocycles. The highest BCUT2D eigenvalue weighted by Crippen LogP contribution is 2.29. The average molecular weight is 310 g/mol. The van der Waals surface area contributed by atoms with E-state index < -0.39 is 0 Å². The lowest BCUT2D eigenvalue weighted by Gasteiger charge is -2.30. The summed E-state index contributed by atoms with van der Waals surface area (Å²) in [5, 5.41) is 3.44. The van der Waals surface area contributed by atoms with Crippen LogP contribution in [0.3, 0.4) is 0 Å². The van der Waals surface area contributed by atoms with E-state index in [1.165, 1.54) is 11.3 Å². The number of nitrogens with zero attached hydrogens (tertiary/aromatic N) is 1. The largest absolute Gasteiger partial charge is 0.462 e. The molecule has 6 heteroatoms. The Balaban J connectivity index is 2.08. The fourth-order valence-electron chi connectivity index (χ4n) is 2.52. The van der Waals surface area contributed by atoms with Gasteiger partial charge in [0.25, 0.3) is 0 Å². The van der Waals surface area contributed by atoms with Crippen LogP contribution in [0.2, 0.25) is 0 Å². The van der Waals surface area contributed by atoms with Gasteiger partial charge in [-0.15, -0.1) is 11.3 Å². The molecule has 0 bridgehead atoms. The number of ether oxygens (including phenoxy) is 1. The van der Waals surface area contributed by atoms with Crippen molar-refractivity contribution in [1.82, 2.24) is 4.90 Å². The van der Waals surface area contributed by atoms with Crippen molar-refractivity contribution in [3.05, 3.63) is 16.5 Å². The van der Waals surface area contributed by atoms with Gasteiger partial charge in [-0.05, 0) is 38.7 Å². The molecular formula is C15H22N2O3S. The normalized spacial score (nSPS) is 18.4. The summed E-state index contributed by atoms with van der Waals surface area (Å²) in [5.74, 6) is 0.142. The summed E-state index contributed by atoms with van der Waals surface area (Å²) in [6, 6.07) is 1.63. The van der Waals surface area contributed by atoms with E-state index in [1.807, 2.05) is 11.8 Å². The van der Waals surface area contributed by atoms with Crippen LogP contribution in [0.15, 0.2) is 6.07 Å². The van der Waals surface area contributed by atoms with Crippen LogP contribution in [0.1, 0.15) is 41.9 Å². The van der Waals surface area contributed by atoms with Gasteiger partial charge in [-0.2, -0.15) is 0 Å². The van der Waals surface area contributed by atoms with E-state index in [0.717, 1.165) is 30.8 Å². The third-order valence-corrected chi connectivity index (χ3v) is 4.48. The van der Waals surface area contributed by atoms with Gasteiger partial charge in [-0.25, -0.2) is 9.59 Å². The highest BCUT2D eigenvalue weighted by Gasteiger charge is 2.23. The lowest BCUT2D eigenvalue weighted by atomic mass is 10.0. The Morgan fingerprint density at radius 2 is 2.29 bits per heavy atom. The first-order valence-electron chi connectivity index (χ1n) is 7.34. The second-order valence-electron chi connectivity index (χ2n) is 5.44. The van der Waals surface area contributed by atoms with Gasteiger partial charge in [-0.1, -0.05) is 6.92 Å². The Labute approximate surface area is 129 Å². The number of piperidine rings is 1. The van der Waals surface area contributed by atoms with E-state index in [2.05, 4.69) is 12.2 Å². The van der Waals surface area contributed by atoms with Crippen molar-refractivity contribution in [2.75, 3.05) is 25.0 Å². The number of thiophene rings is 1. The molecule has 0 radical (unpaired) electrons. The standard InChI is InChI=1S/C15H22N2O3S/c1-4-20-14(18)12-8-11(3)21-13(12)16-15(19)17-7-5-6-10(2)9-17/h8,10H,4-7,9H2,1-3H3,(H,16,19). The molecule has 1 unspecified atom stereocenters. The van der Waals surface area contributed by atoms with Crippen LogP contribution in [0.5, 0.6) is 0 Å². The number of esters is 1. The lowest BCUT2D eigenvalue weighted by Crippen LogP contribution is -2.41. The number of aryl methyl sites for hydroxylation is 1. The summed E-state index contributed by atoms with van der Waals surface area (Å²) in [6.07, 6.45) is 2.19. The molecule has 21 heavy (non-hydrogen) atoms. The van der Waals surface area contributed by atoms with Crippen molar-refractivity contribution in [2.45, 2.75) is 33.6 Å². The monoisotopic (exact) mass is 310 g/mol. The highest BCUT2D eigenvalue weighted by molar-refractivity contribution is 7.16. The van der Waals surface area contributed by atoms with Crippen molar-refractivity contribution in [3.63, 3.8) is 0 Å². The molecule has 2 amide bonds. The second-order valence-corrected chi connectivity index (χ2v) is 6.70. The van der Waals surface area contributed by atoms with Gasteiger partial charge in [0.2, 0.25) is 0 Å². The van der Waals surface area contributed by atoms with Gasteiger partial charge < -0.3 is 9.64 Å². The molecule has 1 aromatic rings. The van der Waals surface area contributed by atoms with Gasteiger partial charge in [0.1, 0.15) is 5.00 Å². The van der Waals surface area contributed by atoms with E-state index in [0.29, 0.717) is 23.1 Å². The quantitative estimate of drug-likeness (QED) is 0.869. The number of likely N-dealkylation sites (tertiary alicyclic amines) is 1. The van der Waals surface area contributed by atoms with E-state index in [4.69, 9.17) is 4.74 Å². The molecule has 5 nitrogen and oxygen atoms in total. The molecule has 0 aromatic carbocycles. The fourth-order valence-corrected chi connectivity index (χ4v) is 3.41. The number of nitrogens with one attached hydrogen (secondary N) is 1. The molecule has 1 aliphatic heterocycles. The molecule has 0 aliphatic carbocycles. The zero-order valence-corrected chi connectivity index (χ0v) is 13.6. The zero-order chi connectivity index (χ0) is 15.4. The first-order chi connectivity index (χ1) is 10.0. The minimum absolute atomic E-state index is 0.131. The molecule has 1 atom stereocenters. The number of hydrogen-bond donors (Lipinski definition) is 1. The van der Waals surface area contributed by atoms with Crippen LogP contribution in [0.25, 0.3) is 0 Å². The van der Waals surface area contributed by atoms with Gasteiger partial charge >= 0.3 is 12.0 Å². The minimum Gasteiger partial charge on any atom is -0.462 e. The molecule has 1 N–H and O–H groups in total. The Bertz CT molecular complexity index is 527. The Kier molecular flexibility index (Phi) is 5.22. The van der Waals surface area contributed by atoms with E-state index >= 15 is 0 Å². The minimum atomic E-state index is -0.385. The summed E-state index contributed by atoms with van der Waals surface area (Å²) in [7, 11) is 0. The summed E-state index contributed by atoms with van der Waals surface area (Å²) in [4.78, 5) is 27.0. The molecule has 1 aliphatic rings. The SMILES string of the molecule is CCOC(=O)c1cc(C)sc1NC(=O)N1CCCC(C)C1. The molecule has 2 rings (SSSR count). The molecule has 1 aromatic heterocycles. The van der Waals surface area contributed by atoms with Gasteiger partial charge in [0, 0.05) is 18.0 Å². The van der Waals surface area contributed by atoms with Crippen molar-refractivity contribution in [2.24, 2.45) is 5.92 Å². The molecule has 116 valence electrons. The van der Waals surface area contributed by atoms with Crippen LogP contribution in [-0.4, -0.2) is 36.6 Å². The number of urea groups is 1. The number of amides is 2. The van der Waals surface area contributed by atoms with E-state index in [-0.39, 0.29) is 12.0 Å². The molecule has 1 fully saturated rings. The zero-order valence-electron chi connectivity index (χ0n) is 12.8. The first-order valence-corrected chi connectivity index (χ1v) is 8.16. The van der Waals surface area contributed by atoms with Crippen molar-refractivity contribution in [1.29, 1.82) is 0 Å². The van der Waals surface area contributed by atoms with Crippen LogP contribution in [0.4, 0.5) is 9.80 Å². The van der Waals surface area contributed by atoms with Crippen LogP contribution in [-0.2, 0) is 4.74 Å². The van der Waals surface area contributed by atoms with Crippen molar-refractivity contribution in [3.8, 4) is 0 Å². The average Bonchev–Trinajstić information content (AvgIpc) is 2.80. The number of carbonyl (C=O) groups excluding carboxylic acids is 2. The highest BCUT2D eigenvalue weighted by atomic mass is 32.1. The Morgan fingerprint density at radius 1 is 1.52 bits per heavy atom. The van der Waals surface area contributed by atoms with Crippen LogP contribution in [0, 0.1) is 12.8 Å². The Hall–Kier alpha value is -1.56. The topological polar surface area (TPSA) is 58.6 Å². The molecule has 1 saturated heterocycles. The summed E-state index contributed by atoms with van der Waals surface area (Å²) in [5.41, 5.74) is 0.442. The number of rotatable bonds is 3. The smallest absolute Gasteiger partial charge is 0.341 e. The maximum absolute atomic E-state index is 12.3. The number of carbonyl (C=O) groups is 2. The van der Waals surface area contributed by atoms with Gasteiger partial charge in [0.05, 0.1) is 12.2 Å². The number of anilines is 1. The maximum atomic E-state index is 12.3. The summed E-state index contributed by atoms with van der Waals surface area (Å²) >= 11 is 1.40. The van der Waals surface area contributed by atoms with Gasteiger partial charge in [-0.3, -0.25) is 5.32 Å². The lowest BCUT2D eigenvalue weighted by molar-refractivity contribution is 0.0528.